The van der Waals surface area contributed by atoms with Crippen LogP contribution in [0.15, 0.2) is 67.0 Å². The Morgan fingerprint density at radius 1 is 0.931 bits per heavy atom. The van der Waals surface area contributed by atoms with Gasteiger partial charge in [0.15, 0.2) is 5.78 Å². The Kier molecular flexibility index (Phi) is 6.42. The lowest BCUT2D eigenvalue weighted by Gasteiger charge is -2.08. The second-order valence-corrected chi connectivity index (χ2v) is 6.54. The zero-order chi connectivity index (χ0) is 20.6. The van der Waals surface area contributed by atoms with Crippen LogP contribution in [0.3, 0.4) is 0 Å². The summed E-state index contributed by atoms with van der Waals surface area (Å²) in [6.45, 7) is 0.462. The molecule has 7 nitrogen and oxygen atoms in total. The molecule has 1 aromatic heterocycles. The zero-order valence-electron chi connectivity index (χ0n) is 15.8. The summed E-state index contributed by atoms with van der Waals surface area (Å²) >= 11 is 0. The lowest BCUT2D eigenvalue weighted by Crippen LogP contribution is -2.23. The van der Waals surface area contributed by atoms with Crippen LogP contribution in [0.2, 0.25) is 0 Å². The molecular formula is C22H22N4O3. The number of ketones is 1. The molecule has 0 unspecified atom stereocenters. The average molecular weight is 390 g/mol. The third kappa shape index (κ3) is 5.80. The number of rotatable bonds is 7. The van der Waals surface area contributed by atoms with Gasteiger partial charge in [0.25, 0.3) is 0 Å². The minimum absolute atomic E-state index is 0.0367. The van der Waals surface area contributed by atoms with Crippen LogP contribution in [0.5, 0.6) is 0 Å². The molecule has 29 heavy (non-hydrogen) atoms. The number of carbonyl (C=O) groups is 2. The predicted octanol–water partition coefficient (Wildman–Crippen LogP) is 3.10. The smallest absolute Gasteiger partial charge is 0.407 e. The first-order valence-corrected chi connectivity index (χ1v) is 9.07. The van der Waals surface area contributed by atoms with Gasteiger partial charge >= 0.3 is 6.09 Å². The fourth-order valence-electron chi connectivity index (χ4n) is 2.67. The highest BCUT2D eigenvalue weighted by Crippen LogP contribution is 2.14. The van der Waals surface area contributed by atoms with E-state index in [-0.39, 0.29) is 18.8 Å². The van der Waals surface area contributed by atoms with Crippen molar-refractivity contribution in [1.29, 1.82) is 0 Å². The largest absolute Gasteiger partial charge is 0.445 e. The molecule has 0 saturated heterocycles. The number of aromatic nitrogens is 1. The average Bonchev–Trinajstić information content (AvgIpc) is 2.74. The number of Topliss-reactive ketones (excluding diaryl/α,β-unsaturated/α-hetero) is 1. The van der Waals surface area contributed by atoms with E-state index in [1.807, 2.05) is 0 Å². The minimum atomic E-state index is -0.518. The van der Waals surface area contributed by atoms with Crippen molar-refractivity contribution in [3.63, 3.8) is 0 Å². The van der Waals surface area contributed by atoms with E-state index in [0.717, 1.165) is 16.7 Å². The number of amides is 1. The number of hydrogen-bond acceptors (Lipinski definition) is 6. The fraction of sp³-hybridized carbons (Fsp3) is 0.136. The monoisotopic (exact) mass is 390 g/mol. The third-order valence-electron chi connectivity index (χ3n) is 4.36. The Morgan fingerprint density at radius 3 is 2.31 bits per heavy atom. The van der Waals surface area contributed by atoms with Gasteiger partial charge in [0.05, 0.1) is 11.9 Å². The molecule has 0 spiro atoms. The van der Waals surface area contributed by atoms with Gasteiger partial charge in [0.1, 0.15) is 6.61 Å². The summed E-state index contributed by atoms with van der Waals surface area (Å²) in [5.74, 6) is -0.0367. The maximum Gasteiger partial charge on any atom is 0.407 e. The highest BCUT2D eigenvalue weighted by Gasteiger charge is 2.10. The van der Waals surface area contributed by atoms with Gasteiger partial charge in [-0.25, -0.2) is 4.79 Å². The number of nitrogens with zero attached hydrogens (tertiary/aromatic N) is 1. The first kappa shape index (κ1) is 19.9. The maximum atomic E-state index is 12.4. The molecule has 1 heterocycles. The van der Waals surface area contributed by atoms with E-state index in [9.17, 15) is 9.59 Å². The number of anilines is 2. The number of hydrogen-bond donors (Lipinski definition) is 3. The van der Waals surface area contributed by atoms with E-state index in [2.05, 4.69) is 10.3 Å². The predicted molar refractivity (Wildman–Crippen MR) is 111 cm³/mol. The second kappa shape index (κ2) is 9.36. The summed E-state index contributed by atoms with van der Waals surface area (Å²) in [4.78, 5) is 28.2. The van der Waals surface area contributed by atoms with Gasteiger partial charge in [0.2, 0.25) is 0 Å². The first-order valence-electron chi connectivity index (χ1n) is 9.07. The van der Waals surface area contributed by atoms with Crippen molar-refractivity contribution in [3.8, 4) is 0 Å². The van der Waals surface area contributed by atoms with E-state index < -0.39 is 6.09 Å². The lowest BCUT2D eigenvalue weighted by molar-refractivity contribution is 0.0993. The summed E-state index contributed by atoms with van der Waals surface area (Å²) in [5, 5.41) is 2.68. The number of nitrogen functional groups attached to an aromatic ring is 2. The van der Waals surface area contributed by atoms with Crippen molar-refractivity contribution in [2.75, 3.05) is 11.5 Å². The van der Waals surface area contributed by atoms with Gasteiger partial charge in [-0.15, -0.1) is 0 Å². The molecule has 0 radical (unpaired) electrons. The summed E-state index contributed by atoms with van der Waals surface area (Å²) in [5.41, 5.74) is 15.6. The number of nitrogens with one attached hydrogen (secondary N) is 1. The zero-order valence-corrected chi connectivity index (χ0v) is 15.8. The summed E-state index contributed by atoms with van der Waals surface area (Å²) in [7, 11) is 0. The normalized spacial score (nSPS) is 10.3. The molecule has 0 bridgehead atoms. The fourth-order valence-corrected chi connectivity index (χ4v) is 2.67. The van der Waals surface area contributed by atoms with Crippen LogP contribution in [0.1, 0.15) is 27.0 Å². The summed E-state index contributed by atoms with van der Waals surface area (Å²) < 4.78 is 5.17. The molecule has 0 fully saturated rings. The van der Waals surface area contributed by atoms with Gasteiger partial charge in [-0.05, 0) is 34.9 Å². The molecule has 0 aliphatic heterocycles. The van der Waals surface area contributed by atoms with Crippen LogP contribution < -0.4 is 16.8 Å². The Balaban J connectivity index is 1.47. The van der Waals surface area contributed by atoms with Crippen LogP contribution in [-0.4, -0.2) is 16.9 Å². The third-order valence-corrected chi connectivity index (χ3v) is 4.36. The molecule has 148 valence electrons. The minimum Gasteiger partial charge on any atom is -0.445 e. The number of alkyl carbamates (subject to hydrolysis) is 1. The van der Waals surface area contributed by atoms with Gasteiger partial charge < -0.3 is 21.5 Å². The van der Waals surface area contributed by atoms with E-state index in [1.165, 1.54) is 6.20 Å². The number of nitrogens with two attached hydrogens (primary N) is 2. The van der Waals surface area contributed by atoms with Crippen molar-refractivity contribution in [2.24, 2.45) is 0 Å². The highest BCUT2D eigenvalue weighted by atomic mass is 16.5. The van der Waals surface area contributed by atoms with Crippen molar-refractivity contribution in [2.45, 2.75) is 19.6 Å². The van der Waals surface area contributed by atoms with Crippen LogP contribution in [-0.2, 0) is 24.3 Å². The Morgan fingerprint density at radius 2 is 1.62 bits per heavy atom. The van der Waals surface area contributed by atoms with Crippen molar-refractivity contribution in [1.82, 2.24) is 10.3 Å². The van der Waals surface area contributed by atoms with Crippen LogP contribution in [0, 0.1) is 0 Å². The quantitative estimate of drug-likeness (QED) is 0.421. The van der Waals surface area contributed by atoms with Crippen LogP contribution in [0.4, 0.5) is 16.2 Å². The van der Waals surface area contributed by atoms with E-state index >= 15 is 0 Å². The highest BCUT2D eigenvalue weighted by molar-refractivity contribution is 5.98. The van der Waals surface area contributed by atoms with Crippen molar-refractivity contribution >= 4 is 23.3 Å². The SMILES string of the molecule is Nc1ccc(COC(=O)NCc2ccc(C(=O)Cc3ccncc3N)cc2)cc1. The molecule has 0 saturated carbocycles. The number of ether oxygens (including phenoxy) is 1. The summed E-state index contributed by atoms with van der Waals surface area (Å²) in [6, 6.07) is 15.9. The molecule has 2 aromatic carbocycles. The number of carbonyl (C=O) groups excluding carboxylic acids is 2. The molecule has 5 N–H and O–H groups in total. The molecular weight excluding hydrogens is 368 g/mol. The van der Waals surface area contributed by atoms with Crippen LogP contribution >= 0.6 is 0 Å². The van der Waals surface area contributed by atoms with E-state index in [1.54, 1.807) is 60.8 Å². The van der Waals surface area contributed by atoms with Crippen molar-refractivity contribution < 1.29 is 14.3 Å². The van der Waals surface area contributed by atoms with E-state index in [4.69, 9.17) is 16.2 Å². The Bertz CT molecular complexity index is 986. The topological polar surface area (TPSA) is 120 Å². The standard InChI is InChI=1S/C22H22N4O3/c23-19-7-3-16(4-8-19)14-29-22(28)26-12-15-1-5-17(6-2-15)21(27)11-18-9-10-25-13-20(18)24/h1-10,13H,11-12,14,23-24H2,(H,26,28). The number of benzene rings is 2. The Hall–Kier alpha value is -3.87. The second-order valence-electron chi connectivity index (χ2n) is 6.54. The van der Waals surface area contributed by atoms with E-state index in [0.29, 0.717) is 23.5 Å². The van der Waals surface area contributed by atoms with Gasteiger partial charge in [-0.3, -0.25) is 9.78 Å². The van der Waals surface area contributed by atoms with Gasteiger partial charge in [0, 0.05) is 30.4 Å². The lowest BCUT2D eigenvalue weighted by atomic mass is 10.0. The molecule has 0 atom stereocenters. The Labute approximate surface area is 168 Å². The van der Waals surface area contributed by atoms with Gasteiger partial charge in [-0.2, -0.15) is 0 Å². The molecule has 1 amide bonds. The molecule has 0 aliphatic carbocycles. The maximum absolute atomic E-state index is 12.4. The van der Waals surface area contributed by atoms with Gasteiger partial charge in [-0.1, -0.05) is 36.4 Å². The molecule has 3 aromatic rings. The molecule has 0 aliphatic rings. The first-order chi connectivity index (χ1) is 14.0. The molecule has 3 rings (SSSR count). The van der Waals surface area contributed by atoms with Crippen molar-refractivity contribution in [3.05, 3.63) is 89.2 Å². The number of pyridine rings is 1. The van der Waals surface area contributed by atoms with Crippen LogP contribution in [0.25, 0.3) is 0 Å². The summed E-state index contributed by atoms with van der Waals surface area (Å²) in [6.07, 6.45) is 2.84. The molecule has 7 heteroatoms.